The zero-order valence-corrected chi connectivity index (χ0v) is 11.1. The maximum absolute atomic E-state index is 12.0. The molecule has 1 unspecified atom stereocenters. The van der Waals surface area contributed by atoms with Crippen molar-refractivity contribution in [2.75, 3.05) is 13.6 Å². The van der Waals surface area contributed by atoms with Crippen molar-refractivity contribution < 1.29 is 8.42 Å². The lowest BCUT2D eigenvalue weighted by molar-refractivity contribution is 0.473. The Hall–Kier alpha value is -0.390. The van der Waals surface area contributed by atoms with Gasteiger partial charge >= 0.3 is 0 Å². The zero-order valence-electron chi connectivity index (χ0n) is 8.72. The van der Waals surface area contributed by atoms with Gasteiger partial charge in [-0.2, -0.15) is 4.31 Å². The monoisotopic (exact) mass is 291 g/mol. The van der Waals surface area contributed by atoms with E-state index in [0.717, 1.165) is 0 Å². The van der Waals surface area contributed by atoms with Gasteiger partial charge in [0.15, 0.2) is 0 Å². The molecule has 0 amide bonds. The number of alkyl halides is 1. The SMILES string of the molecule is CC(Br)CN(C)S(=O)(=O)c1ccccc1. The summed E-state index contributed by atoms with van der Waals surface area (Å²) >= 11 is 3.33. The van der Waals surface area contributed by atoms with Crippen molar-refractivity contribution in [2.24, 2.45) is 0 Å². The van der Waals surface area contributed by atoms with Crippen molar-refractivity contribution in [3.05, 3.63) is 30.3 Å². The molecule has 0 aliphatic carbocycles. The molecule has 3 nitrogen and oxygen atoms in total. The van der Waals surface area contributed by atoms with E-state index in [1.54, 1.807) is 37.4 Å². The Morgan fingerprint density at radius 3 is 2.33 bits per heavy atom. The Labute approximate surface area is 99.3 Å². The highest BCUT2D eigenvalue weighted by atomic mass is 79.9. The smallest absolute Gasteiger partial charge is 0.207 e. The molecule has 5 heteroatoms. The van der Waals surface area contributed by atoms with Crippen LogP contribution in [0.1, 0.15) is 6.92 Å². The van der Waals surface area contributed by atoms with Crippen LogP contribution < -0.4 is 0 Å². The molecular weight excluding hydrogens is 278 g/mol. The Morgan fingerprint density at radius 1 is 1.33 bits per heavy atom. The average Bonchev–Trinajstić information content (AvgIpc) is 2.18. The van der Waals surface area contributed by atoms with E-state index in [1.807, 2.05) is 6.92 Å². The predicted molar refractivity (Wildman–Crippen MR) is 64.6 cm³/mol. The molecule has 0 aromatic heterocycles. The summed E-state index contributed by atoms with van der Waals surface area (Å²) in [6.07, 6.45) is 0. The third-order valence-electron chi connectivity index (χ3n) is 1.96. The summed E-state index contributed by atoms with van der Waals surface area (Å²) in [7, 11) is -1.75. The summed E-state index contributed by atoms with van der Waals surface area (Å²) in [5, 5.41) is 0. The van der Waals surface area contributed by atoms with Gasteiger partial charge in [-0.05, 0) is 12.1 Å². The minimum atomic E-state index is -3.33. The first-order valence-electron chi connectivity index (χ1n) is 4.60. The predicted octanol–water partition coefficient (Wildman–Crippen LogP) is 2.09. The molecule has 0 spiro atoms. The van der Waals surface area contributed by atoms with Gasteiger partial charge in [0, 0.05) is 18.4 Å². The van der Waals surface area contributed by atoms with Gasteiger partial charge in [0.05, 0.1) is 4.90 Å². The summed E-state index contributed by atoms with van der Waals surface area (Å²) < 4.78 is 25.3. The van der Waals surface area contributed by atoms with Gasteiger partial charge in [-0.3, -0.25) is 0 Å². The number of halogens is 1. The lowest BCUT2D eigenvalue weighted by Crippen LogP contribution is -2.31. The van der Waals surface area contributed by atoms with Gasteiger partial charge in [0.25, 0.3) is 0 Å². The van der Waals surface area contributed by atoms with E-state index in [-0.39, 0.29) is 4.83 Å². The van der Waals surface area contributed by atoms with E-state index in [2.05, 4.69) is 15.9 Å². The van der Waals surface area contributed by atoms with Crippen LogP contribution in [0.2, 0.25) is 0 Å². The van der Waals surface area contributed by atoms with E-state index in [0.29, 0.717) is 11.4 Å². The van der Waals surface area contributed by atoms with Crippen LogP contribution in [0.4, 0.5) is 0 Å². The van der Waals surface area contributed by atoms with Crippen molar-refractivity contribution in [2.45, 2.75) is 16.6 Å². The fourth-order valence-electron chi connectivity index (χ4n) is 1.22. The first-order chi connectivity index (χ1) is 6.94. The molecule has 0 N–H and O–H groups in total. The Balaban J connectivity index is 2.94. The molecule has 1 rings (SSSR count). The molecule has 0 fully saturated rings. The molecule has 1 atom stereocenters. The molecule has 0 saturated carbocycles. The van der Waals surface area contributed by atoms with Gasteiger partial charge in [0.1, 0.15) is 0 Å². The largest absolute Gasteiger partial charge is 0.242 e. The summed E-state index contributed by atoms with van der Waals surface area (Å²) in [6, 6.07) is 8.44. The normalized spacial score (nSPS) is 14.1. The highest BCUT2D eigenvalue weighted by Gasteiger charge is 2.20. The fourth-order valence-corrected chi connectivity index (χ4v) is 3.13. The molecule has 84 valence electrons. The highest BCUT2D eigenvalue weighted by Crippen LogP contribution is 2.14. The Bertz CT molecular complexity index is 403. The molecule has 0 bridgehead atoms. The van der Waals surface area contributed by atoms with Gasteiger partial charge in [-0.25, -0.2) is 8.42 Å². The first kappa shape index (κ1) is 12.7. The van der Waals surface area contributed by atoms with E-state index < -0.39 is 10.0 Å². The number of rotatable bonds is 4. The third kappa shape index (κ3) is 3.29. The molecule has 0 aliphatic heterocycles. The van der Waals surface area contributed by atoms with E-state index in [9.17, 15) is 8.42 Å². The van der Waals surface area contributed by atoms with Gasteiger partial charge in [-0.15, -0.1) is 0 Å². The minimum absolute atomic E-state index is 0.140. The second-order valence-corrected chi connectivity index (χ2v) is 6.99. The number of hydrogen-bond acceptors (Lipinski definition) is 2. The summed E-state index contributed by atoms with van der Waals surface area (Å²) in [6.45, 7) is 2.37. The second kappa shape index (κ2) is 5.09. The van der Waals surface area contributed by atoms with Crippen LogP contribution >= 0.6 is 15.9 Å². The zero-order chi connectivity index (χ0) is 11.5. The van der Waals surface area contributed by atoms with E-state index in [4.69, 9.17) is 0 Å². The standard InChI is InChI=1S/C10H14BrNO2S/c1-9(11)8-12(2)15(13,14)10-6-4-3-5-7-10/h3-7,9H,8H2,1-2H3. The molecule has 0 heterocycles. The topological polar surface area (TPSA) is 37.4 Å². The lowest BCUT2D eigenvalue weighted by Gasteiger charge is -2.18. The highest BCUT2D eigenvalue weighted by molar-refractivity contribution is 9.09. The maximum atomic E-state index is 12.0. The van der Waals surface area contributed by atoms with E-state index in [1.165, 1.54) is 4.31 Å². The number of benzene rings is 1. The fraction of sp³-hybridized carbons (Fsp3) is 0.400. The number of sulfonamides is 1. The average molecular weight is 292 g/mol. The van der Waals surface area contributed by atoms with Gasteiger partial charge < -0.3 is 0 Å². The van der Waals surface area contributed by atoms with Crippen LogP contribution in [0, 0.1) is 0 Å². The number of nitrogens with zero attached hydrogens (tertiary/aromatic N) is 1. The van der Waals surface area contributed by atoms with Crippen LogP contribution in [0.3, 0.4) is 0 Å². The van der Waals surface area contributed by atoms with Crippen molar-refractivity contribution in [3.63, 3.8) is 0 Å². The van der Waals surface area contributed by atoms with Crippen LogP contribution in [-0.2, 0) is 10.0 Å². The van der Waals surface area contributed by atoms with Crippen molar-refractivity contribution in [1.82, 2.24) is 4.31 Å². The third-order valence-corrected chi connectivity index (χ3v) is 4.09. The van der Waals surface area contributed by atoms with Crippen LogP contribution in [0.5, 0.6) is 0 Å². The van der Waals surface area contributed by atoms with Gasteiger partial charge in [0.2, 0.25) is 10.0 Å². The molecule has 0 radical (unpaired) electrons. The minimum Gasteiger partial charge on any atom is -0.207 e. The van der Waals surface area contributed by atoms with Crippen molar-refractivity contribution in [3.8, 4) is 0 Å². The van der Waals surface area contributed by atoms with Crippen LogP contribution in [-0.4, -0.2) is 31.1 Å². The van der Waals surface area contributed by atoms with Gasteiger partial charge in [-0.1, -0.05) is 41.1 Å². The maximum Gasteiger partial charge on any atom is 0.242 e. The van der Waals surface area contributed by atoms with Crippen molar-refractivity contribution >= 4 is 26.0 Å². The lowest BCUT2D eigenvalue weighted by atomic mass is 10.4. The van der Waals surface area contributed by atoms with Crippen LogP contribution in [0.15, 0.2) is 35.2 Å². The Morgan fingerprint density at radius 2 is 1.87 bits per heavy atom. The molecule has 15 heavy (non-hydrogen) atoms. The van der Waals surface area contributed by atoms with Crippen LogP contribution in [0.25, 0.3) is 0 Å². The molecule has 1 aromatic rings. The quantitative estimate of drug-likeness (QED) is 0.797. The summed E-state index contributed by atoms with van der Waals surface area (Å²) in [4.78, 5) is 0.474. The van der Waals surface area contributed by atoms with E-state index >= 15 is 0 Å². The van der Waals surface area contributed by atoms with Crippen molar-refractivity contribution in [1.29, 1.82) is 0 Å². The Kier molecular flexibility index (Phi) is 4.31. The number of hydrogen-bond donors (Lipinski definition) is 0. The molecule has 1 aromatic carbocycles. The first-order valence-corrected chi connectivity index (χ1v) is 6.95. The molecule has 0 aliphatic rings. The molecular formula is C10H14BrNO2S. The summed E-state index contributed by atoms with van der Waals surface area (Å²) in [5.41, 5.74) is 0. The molecule has 0 saturated heterocycles. The summed E-state index contributed by atoms with van der Waals surface area (Å²) in [5.74, 6) is 0. The second-order valence-electron chi connectivity index (χ2n) is 3.38.